The van der Waals surface area contributed by atoms with Crippen molar-refractivity contribution in [2.45, 2.75) is 13.5 Å². The predicted octanol–water partition coefficient (Wildman–Crippen LogP) is 3.48. The highest BCUT2D eigenvalue weighted by molar-refractivity contribution is 5.94. The molecule has 3 nitrogen and oxygen atoms in total. The maximum Gasteiger partial charge on any atom is 0.159 e. The highest BCUT2D eigenvalue weighted by atomic mass is 16.5. The Morgan fingerprint density at radius 1 is 1.11 bits per heavy atom. The smallest absolute Gasteiger partial charge is 0.159 e. The lowest BCUT2D eigenvalue weighted by atomic mass is 10.1. The third-order valence-corrected chi connectivity index (χ3v) is 2.82. The van der Waals surface area contributed by atoms with Crippen LogP contribution in [0.25, 0.3) is 0 Å². The van der Waals surface area contributed by atoms with Gasteiger partial charge in [-0.15, -0.1) is 0 Å². The molecule has 0 saturated carbocycles. The first-order chi connectivity index (χ1) is 9.20. The van der Waals surface area contributed by atoms with E-state index in [1.54, 1.807) is 26.2 Å². The molecule has 0 aromatic heterocycles. The number of ketones is 1. The number of hydrogen-bond acceptors (Lipinski definition) is 3. The number of rotatable bonds is 5. The topological polar surface area (TPSA) is 35.5 Å². The molecule has 0 spiro atoms. The molecule has 0 aliphatic rings. The van der Waals surface area contributed by atoms with Gasteiger partial charge in [0, 0.05) is 11.1 Å². The molecule has 0 fully saturated rings. The van der Waals surface area contributed by atoms with Gasteiger partial charge in [-0.1, -0.05) is 18.2 Å². The molecule has 0 saturated heterocycles. The highest BCUT2D eigenvalue weighted by Crippen LogP contribution is 2.22. The van der Waals surface area contributed by atoms with Gasteiger partial charge in [-0.25, -0.2) is 0 Å². The van der Waals surface area contributed by atoms with Crippen LogP contribution in [0.15, 0.2) is 48.5 Å². The summed E-state index contributed by atoms with van der Waals surface area (Å²) in [6.45, 7) is 1.91. The molecule has 2 aromatic carbocycles. The molecular formula is C16H16O3. The maximum atomic E-state index is 11.4. The summed E-state index contributed by atoms with van der Waals surface area (Å²) in [6.07, 6.45) is 0. The van der Waals surface area contributed by atoms with E-state index in [1.165, 1.54) is 0 Å². The van der Waals surface area contributed by atoms with Gasteiger partial charge in [-0.3, -0.25) is 4.79 Å². The van der Waals surface area contributed by atoms with Crippen molar-refractivity contribution < 1.29 is 14.3 Å². The van der Waals surface area contributed by atoms with Crippen LogP contribution in [0.1, 0.15) is 22.8 Å². The molecule has 0 bridgehead atoms. The summed E-state index contributed by atoms with van der Waals surface area (Å²) in [5.74, 6) is 1.54. The summed E-state index contributed by atoms with van der Waals surface area (Å²) < 4.78 is 11.0. The number of Topliss-reactive ketones (excluding diaryl/α,β-unsaturated/α-hetero) is 1. The van der Waals surface area contributed by atoms with Gasteiger partial charge in [0.15, 0.2) is 5.78 Å². The largest absolute Gasteiger partial charge is 0.496 e. The zero-order valence-electron chi connectivity index (χ0n) is 11.1. The number of carbonyl (C=O) groups excluding carboxylic acids is 1. The van der Waals surface area contributed by atoms with Gasteiger partial charge in [0.1, 0.15) is 18.1 Å². The normalized spacial score (nSPS) is 10.0. The zero-order chi connectivity index (χ0) is 13.7. The van der Waals surface area contributed by atoms with Crippen LogP contribution in [0.4, 0.5) is 0 Å². The van der Waals surface area contributed by atoms with Gasteiger partial charge in [0.05, 0.1) is 7.11 Å². The van der Waals surface area contributed by atoms with Crippen molar-refractivity contribution >= 4 is 5.78 Å². The number of methoxy groups -OCH3 is 1. The van der Waals surface area contributed by atoms with Gasteiger partial charge in [-0.05, 0) is 37.3 Å². The number of carbonyl (C=O) groups is 1. The third kappa shape index (κ3) is 3.35. The second kappa shape index (κ2) is 6.05. The lowest BCUT2D eigenvalue weighted by molar-refractivity contribution is 0.101. The molecule has 19 heavy (non-hydrogen) atoms. The fourth-order valence-corrected chi connectivity index (χ4v) is 1.79. The SMILES string of the molecule is COc1ccc(C(C)=O)cc1COc1ccccc1. The van der Waals surface area contributed by atoms with Crippen molar-refractivity contribution in [1.82, 2.24) is 0 Å². The Labute approximate surface area is 112 Å². The van der Waals surface area contributed by atoms with E-state index in [1.807, 2.05) is 36.4 Å². The lowest BCUT2D eigenvalue weighted by Gasteiger charge is -2.11. The number of benzene rings is 2. The number of hydrogen-bond donors (Lipinski definition) is 0. The zero-order valence-corrected chi connectivity index (χ0v) is 11.1. The summed E-state index contributed by atoms with van der Waals surface area (Å²) in [6, 6.07) is 14.9. The van der Waals surface area contributed by atoms with E-state index in [0.29, 0.717) is 12.2 Å². The molecule has 2 aromatic rings. The van der Waals surface area contributed by atoms with Gasteiger partial charge in [0.2, 0.25) is 0 Å². The first kappa shape index (κ1) is 13.1. The van der Waals surface area contributed by atoms with Crippen molar-refractivity contribution in [1.29, 1.82) is 0 Å². The van der Waals surface area contributed by atoms with Gasteiger partial charge < -0.3 is 9.47 Å². The molecule has 0 N–H and O–H groups in total. The van der Waals surface area contributed by atoms with E-state index >= 15 is 0 Å². The van der Waals surface area contributed by atoms with E-state index in [9.17, 15) is 4.79 Å². The molecule has 3 heteroatoms. The van der Waals surface area contributed by atoms with Crippen LogP contribution in [0, 0.1) is 0 Å². The van der Waals surface area contributed by atoms with Crippen molar-refractivity contribution in [3.63, 3.8) is 0 Å². The standard InChI is InChI=1S/C16H16O3/c1-12(17)13-8-9-16(18-2)14(10-13)11-19-15-6-4-3-5-7-15/h3-10H,11H2,1-2H3. The molecule has 0 radical (unpaired) electrons. The molecule has 0 unspecified atom stereocenters. The summed E-state index contributed by atoms with van der Waals surface area (Å²) >= 11 is 0. The van der Waals surface area contributed by atoms with E-state index < -0.39 is 0 Å². The van der Waals surface area contributed by atoms with E-state index in [0.717, 1.165) is 17.1 Å². The average molecular weight is 256 g/mol. The number of para-hydroxylation sites is 1. The highest BCUT2D eigenvalue weighted by Gasteiger charge is 2.08. The van der Waals surface area contributed by atoms with E-state index in [4.69, 9.17) is 9.47 Å². The molecule has 0 aliphatic heterocycles. The van der Waals surface area contributed by atoms with Gasteiger partial charge >= 0.3 is 0 Å². The van der Waals surface area contributed by atoms with Crippen LogP contribution in [0.5, 0.6) is 11.5 Å². The van der Waals surface area contributed by atoms with Gasteiger partial charge in [-0.2, -0.15) is 0 Å². The Bertz CT molecular complexity index is 561. The fourth-order valence-electron chi connectivity index (χ4n) is 1.79. The van der Waals surface area contributed by atoms with Crippen LogP contribution in [0.2, 0.25) is 0 Å². The second-order valence-electron chi connectivity index (χ2n) is 4.18. The monoisotopic (exact) mass is 256 g/mol. The molecule has 0 aliphatic carbocycles. The lowest BCUT2D eigenvalue weighted by Crippen LogP contribution is -2.01. The Morgan fingerprint density at radius 3 is 2.47 bits per heavy atom. The maximum absolute atomic E-state index is 11.4. The van der Waals surface area contributed by atoms with Gasteiger partial charge in [0.25, 0.3) is 0 Å². The Balaban J connectivity index is 2.18. The Kier molecular flexibility index (Phi) is 4.18. The van der Waals surface area contributed by atoms with Crippen LogP contribution in [0.3, 0.4) is 0 Å². The first-order valence-electron chi connectivity index (χ1n) is 6.06. The van der Waals surface area contributed by atoms with Crippen molar-refractivity contribution in [3.05, 3.63) is 59.7 Å². The summed E-state index contributed by atoms with van der Waals surface area (Å²) in [5, 5.41) is 0. The predicted molar refractivity (Wildman–Crippen MR) is 73.8 cm³/mol. The number of ether oxygens (including phenoxy) is 2. The van der Waals surface area contributed by atoms with Crippen LogP contribution in [-0.2, 0) is 6.61 Å². The molecular weight excluding hydrogens is 240 g/mol. The van der Waals surface area contributed by atoms with E-state index in [-0.39, 0.29) is 5.78 Å². The van der Waals surface area contributed by atoms with Crippen molar-refractivity contribution in [2.75, 3.05) is 7.11 Å². The summed E-state index contributed by atoms with van der Waals surface area (Å²) in [4.78, 5) is 11.4. The molecule has 98 valence electrons. The van der Waals surface area contributed by atoms with Crippen LogP contribution in [-0.4, -0.2) is 12.9 Å². The summed E-state index contributed by atoms with van der Waals surface area (Å²) in [7, 11) is 1.61. The molecule has 0 heterocycles. The molecule has 0 atom stereocenters. The molecule has 0 amide bonds. The van der Waals surface area contributed by atoms with E-state index in [2.05, 4.69) is 0 Å². The fraction of sp³-hybridized carbons (Fsp3) is 0.188. The minimum absolute atomic E-state index is 0.0311. The van der Waals surface area contributed by atoms with Crippen LogP contribution < -0.4 is 9.47 Å². The Morgan fingerprint density at radius 2 is 1.84 bits per heavy atom. The van der Waals surface area contributed by atoms with Crippen molar-refractivity contribution in [3.8, 4) is 11.5 Å². The van der Waals surface area contributed by atoms with Crippen LogP contribution >= 0.6 is 0 Å². The minimum atomic E-state index is 0.0311. The second-order valence-corrected chi connectivity index (χ2v) is 4.18. The minimum Gasteiger partial charge on any atom is -0.496 e. The Hall–Kier alpha value is -2.29. The average Bonchev–Trinajstić information content (AvgIpc) is 2.45. The quantitative estimate of drug-likeness (QED) is 0.768. The summed E-state index contributed by atoms with van der Waals surface area (Å²) in [5.41, 5.74) is 1.52. The first-order valence-corrected chi connectivity index (χ1v) is 6.06. The van der Waals surface area contributed by atoms with Crippen molar-refractivity contribution in [2.24, 2.45) is 0 Å². The third-order valence-electron chi connectivity index (χ3n) is 2.82. The molecule has 2 rings (SSSR count).